The molecule has 1 aliphatic rings. The number of aryl methyl sites for hydroxylation is 1. The third-order valence-electron chi connectivity index (χ3n) is 4.10. The fraction of sp³-hybridized carbons (Fsp3) is 0.444. The van der Waals surface area contributed by atoms with Gasteiger partial charge < -0.3 is 19.7 Å². The van der Waals surface area contributed by atoms with Crippen LogP contribution < -0.4 is 5.32 Å². The average Bonchev–Trinajstić information content (AvgIpc) is 2.68. The molecule has 1 amide bonds. The largest absolute Gasteiger partial charge is 0.383 e. The SMILES string of the molecule is COCCNc1ccnc(C2COCCN2C(=O)c2cncc(C)c2)n1. The van der Waals surface area contributed by atoms with Crippen molar-refractivity contribution in [1.29, 1.82) is 0 Å². The van der Waals surface area contributed by atoms with Gasteiger partial charge in [-0.3, -0.25) is 9.78 Å². The van der Waals surface area contributed by atoms with Gasteiger partial charge in [0.25, 0.3) is 5.91 Å². The summed E-state index contributed by atoms with van der Waals surface area (Å²) in [6.45, 7) is 4.49. The van der Waals surface area contributed by atoms with E-state index < -0.39 is 0 Å². The maximum Gasteiger partial charge on any atom is 0.256 e. The van der Waals surface area contributed by atoms with E-state index in [-0.39, 0.29) is 11.9 Å². The molecule has 0 bridgehead atoms. The number of ether oxygens (including phenoxy) is 2. The Bertz CT molecular complexity index is 755. The van der Waals surface area contributed by atoms with E-state index in [0.29, 0.717) is 50.1 Å². The maximum atomic E-state index is 13.0. The fourth-order valence-corrected chi connectivity index (χ4v) is 2.81. The molecular weight excluding hydrogens is 334 g/mol. The number of nitrogens with zero attached hydrogens (tertiary/aromatic N) is 4. The van der Waals surface area contributed by atoms with Crippen LogP contribution >= 0.6 is 0 Å². The molecule has 3 heterocycles. The monoisotopic (exact) mass is 357 g/mol. The molecule has 1 atom stereocenters. The van der Waals surface area contributed by atoms with E-state index in [9.17, 15) is 4.79 Å². The first-order valence-corrected chi connectivity index (χ1v) is 8.55. The number of anilines is 1. The summed E-state index contributed by atoms with van der Waals surface area (Å²) in [7, 11) is 1.65. The van der Waals surface area contributed by atoms with Gasteiger partial charge in [-0.15, -0.1) is 0 Å². The van der Waals surface area contributed by atoms with Gasteiger partial charge in [0, 0.05) is 38.8 Å². The van der Waals surface area contributed by atoms with Crippen LogP contribution in [0.5, 0.6) is 0 Å². The number of methoxy groups -OCH3 is 1. The minimum atomic E-state index is -0.332. The number of carbonyl (C=O) groups excluding carboxylic acids is 1. The zero-order valence-corrected chi connectivity index (χ0v) is 15.0. The minimum Gasteiger partial charge on any atom is -0.383 e. The molecule has 26 heavy (non-hydrogen) atoms. The Kier molecular flexibility index (Phi) is 6.08. The van der Waals surface area contributed by atoms with Crippen molar-refractivity contribution in [3.05, 3.63) is 47.7 Å². The van der Waals surface area contributed by atoms with E-state index in [1.54, 1.807) is 36.7 Å². The van der Waals surface area contributed by atoms with Crippen molar-refractivity contribution in [2.45, 2.75) is 13.0 Å². The van der Waals surface area contributed by atoms with E-state index in [2.05, 4.69) is 20.3 Å². The molecule has 1 aliphatic heterocycles. The number of carbonyl (C=O) groups is 1. The Balaban J connectivity index is 1.80. The van der Waals surface area contributed by atoms with E-state index in [1.807, 2.05) is 13.0 Å². The molecule has 2 aromatic rings. The number of amides is 1. The zero-order chi connectivity index (χ0) is 18.4. The van der Waals surface area contributed by atoms with Crippen LogP contribution in [-0.2, 0) is 9.47 Å². The fourth-order valence-electron chi connectivity index (χ4n) is 2.81. The van der Waals surface area contributed by atoms with E-state index in [0.717, 1.165) is 5.56 Å². The third kappa shape index (κ3) is 4.33. The smallest absolute Gasteiger partial charge is 0.256 e. The number of nitrogens with one attached hydrogen (secondary N) is 1. The van der Waals surface area contributed by atoms with E-state index in [4.69, 9.17) is 9.47 Å². The Labute approximate surface area is 152 Å². The molecule has 1 N–H and O–H groups in total. The Morgan fingerprint density at radius 3 is 3.15 bits per heavy atom. The lowest BCUT2D eigenvalue weighted by atomic mass is 10.1. The van der Waals surface area contributed by atoms with Crippen molar-refractivity contribution in [3.63, 3.8) is 0 Å². The first-order chi connectivity index (χ1) is 12.7. The molecule has 8 heteroatoms. The molecule has 1 fully saturated rings. The topological polar surface area (TPSA) is 89.5 Å². The molecule has 1 unspecified atom stereocenters. The summed E-state index contributed by atoms with van der Waals surface area (Å²) >= 11 is 0. The summed E-state index contributed by atoms with van der Waals surface area (Å²) in [5, 5.41) is 3.18. The van der Waals surface area contributed by atoms with Gasteiger partial charge in [-0.05, 0) is 24.6 Å². The van der Waals surface area contributed by atoms with Gasteiger partial charge in [-0.25, -0.2) is 9.97 Å². The quantitative estimate of drug-likeness (QED) is 0.783. The summed E-state index contributed by atoms with van der Waals surface area (Å²) in [6.07, 6.45) is 5.00. The van der Waals surface area contributed by atoms with Crippen molar-refractivity contribution < 1.29 is 14.3 Å². The Morgan fingerprint density at radius 2 is 2.35 bits per heavy atom. The van der Waals surface area contributed by atoms with Gasteiger partial charge in [-0.2, -0.15) is 0 Å². The zero-order valence-electron chi connectivity index (χ0n) is 15.0. The third-order valence-corrected chi connectivity index (χ3v) is 4.10. The number of hydrogen-bond donors (Lipinski definition) is 1. The number of rotatable bonds is 6. The highest BCUT2D eigenvalue weighted by molar-refractivity contribution is 5.94. The lowest BCUT2D eigenvalue weighted by Gasteiger charge is -2.34. The predicted molar refractivity (Wildman–Crippen MR) is 96.0 cm³/mol. The van der Waals surface area contributed by atoms with Gasteiger partial charge in [0.2, 0.25) is 0 Å². The van der Waals surface area contributed by atoms with Crippen LogP contribution in [0, 0.1) is 6.92 Å². The van der Waals surface area contributed by atoms with Gasteiger partial charge in [0.1, 0.15) is 11.9 Å². The summed E-state index contributed by atoms with van der Waals surface area (Å²) in [5.41, 5.74) is 1.51. The second-order valence-electron chi connectivity index (χ2n) is 6.06. The number of morpholine rings is 1. The molecular formula is C18H23N5O3. The maximum absolute atomic E-state index is 13.0. The van der Waals surface area contributed by atoms with Gasteiger partial charge in [0.15, 0.2) is 5.82 Å². The minimum absolute atomic E-state index is 0.0872. The molecule has 8 nitrogen and oxygen atoms in total. The van der Waals surface area contributed by atoms with Crippen LogP contribution in [-0.4, -0.2) is 65.8 Å². The van der Waals surface area contributed by atoms with Crippen molar-refractivity contribution in [3.8, 4) is 0 Å². The van der Waals surface area contributed by atoms with Crippen molar-refractivity contribution in [2.75, 3.05) is 45.3 Å². The van der Waals surface area contributed by atoms with Gasteiger partial charge in [-0.1, -0.05) is 0 Å². The number of aromatic nitrogens is 3. The molecule has 0 radical (unpaired) electrons. The molecule has 3 rings (SSSR count). The normalized spacial score (nSPS) is 17.2. The van der Waals surface area contributed by atoms with Gasteiger partial charge >= 0.3 is 0 Å². The molecule has 138 valence electrons. The van der Waals surface area contributed by atoms with Crippen LogP contribution in [0.2, 0.25) is 0 Å². The molecule has 2 aromatic heterocycles. The second kappa shape index (κ2) is 8.68. The van der Waals surface area contributed by atoms with E-state index >= 15 is 0 Å². The number of hydrogen-bond acceptors (Lipinski definition) is 7. The van der Waals surface area contributed by atoms with Crippen LogP contribution in [0.3, 0.4) is 0 Å². The average molecular weight is 357 g/mol. The summed E-state index contributed by atoms with van der Waals surface area (Å²) < 4.78 is 10.6. The van der Waals surface area contributed by atoms with Crippen molar-refractivity contribution >= 4 is 11.7 Å². The lowest BCUT2D eigenvalue weighted by Crippen LogP contribution is -2.44. The first kappa shape index (κ1) is 18.2. The molecule has 1 saturated heterocycles. The summed E-state index contributed by atoms with van der Waals surface area (Å²) in [4.78, 5) is 27.8. The molecule has 0 aliphatic carbocycles. The van der Waals surface area contributed by atoms with Gasteiger partial charge in [0.05, 0.1) is 25.4 Å². The van der Waals surface area contributed by atoms with E-state index in [1.165, 1.54) is 0 Å². The Hall–Kier alpha value is -2.58. The Morgan fingerprint density at radius 1 is 1.46 bits per heavy atom. The second-order valence-corrected chi connectivity index (χ2v) is 6.06. The predicted octanol–water partition coefficient (Wildman–Crippen LogP) is 1.45. The molecule has 0 spiro atoms. The lowest BCUT2D eigenvalue weighted by molar-refractivity contribution is -0.00521. The summed E-state index contributed by atoms with van der Waals surface area (Å²) in [5.74, 6) is 1.17. The first-order valence-electron chi connectivity index (χ1n) is 8.55. The standard InChI is InChI=1S/C18H23N5O3/c1-13-9-14(11-19-10-13)18(24)23-6-8-26-12-15(23)17-21-4-3-16(22-17)20-5-7-25-2/h3-4,9-11,15H,5-8,12H2,1-2H3,(H,20,21,22). The summed E-state index contributed by atoms with van der Waals surface area (Å²) in [6, 6.07) is 3.30. The van der Waals surface area contributed by atoms with Crippen LogP contribution in [0.15, 0.2) is 30.7 Å². The highest BCUT2D eigenvalue weighted by Gasteiger charge is 2.31. The van der Waals surface area contributed by atoms with Crippen molar-refractivity contribution in [1.82, 2.24) is 19.9 Å². The van der Waals surface area contributed by atoms with Crippen LogP contribution in [0.25, 0.3) is 0 Å². The highest BCUT2D eigenvalue weighted by atomic mass is 16.5. The van der Waals surface area contributed by atoms with Crippen molar-refractivity contribution in [2.24, 2.45) is 0 Å². The van der Waals surface area contributed by atoms with Crippen LogP contribution in [0.1, 0.15) is 27.8 Å². The highest BCUT2D eigenvalue weighted by Crippen LogP contribution is 2.24. The molecule has 0 aromatic carbocycles. The van der Waals surface area contributed by atoms with Crippen LogP contribution in [0.4, 0.5) is 5.82 Å². The number of pyridine rings is 1. The molecule has 0 saturated carbocycles.